The molecule has 2 aromatic rings. The van der Waals surface area contributed by atoms with Gasteiger partial charge in [0, 0.05) is 5.56 Å². The van der Waals surface area contributed by atoms with Gasteiger partial charge in [0.1, 0.15) is 11.5 Å². The van der Waals surface area contributed by atoms with Gasteiger partial charge in [-0.25, -0.2) is 4.79 Å². The summed E-state index contributed by atoms with van der Waals surface area (Å²) in [7, 11) is 0. The first-order chi connectivity index (χ1) is 10.3. The van der Waals surface area contributed by atoms with Gasteiger partial charge in [0.15, 0.2) is 0 Å². The second-order valence-electron chi connectivity index (χ2n) is 5.00. The van der Waals surface area contributed by atoms with Crippen molar-refractivity contribution in [3.05, 3.63) is 46.3 Å². The molecule has 0 saturated heterocycles. The van der Waals surface area contributed by atoms with Crippen LogP contribution < -0.4 is 4.74 Å². The average Bonchev–Trinajstić information content (AvgIpc) is 3.26. The molecule has 1 fully saturated rings. The standard InChI is InChI=1S/C16H17NO3S/c1-2-19-16(18)14-13(12-8-9-12)15(17-21-14)20-10-11-6-4-3-5-7-11/h3-7,12H,2,8-10H2,1H3. The van der Waals surface area contributed by atoms with Gasteiger partial charge in [0.05, 0.1) is 6.61 Å². The lowest BCUT2D eigenvalue weighted by molar-refractivity contribution is 0.0530. The molecular formula is C16H17NO3S. The Labute approximate surface area is 127 Å². The molecule has 1 aromatic heterocycles. The molecule has 0 N–H and O–H groups in total. The highest BCUT2D eigenvalue weighted by Gasteiger charge is 2.34. The molecule has 0 bridgehead atoms. The SMILES string of the molecule is CCOC(=O)c1snc(OCc2ccccc2)c1C1CC1. The molecule has 0 unspecified atom stereocenters. The van der Waals surface area contributed by atoms with E-state index in [1.54, 1.807) is 0 Å². The summed E-state index contributed by atoms with van der Waals surface area (Å²) in [6.45, 7) is 2.65. The van der Waals surface area contributed by atoms with E-state index in [4.69, 9.17) is 9.47 Å². The van der Waals surface area contributed by atoms with E-state index in [0.717, 1.165) is 24.0 Å². The van der Waals surface area contributed by atoms with Crippen LogP contribution in [0.3, 0.4) is 0 Å². The first-order valence-corrected chi connectivity index (χ1v) is 7.90. The van der Waals surface area contributed by atoms with Gasteiger partial charge in [-0.1, -0.05) is 30.3 Å². The number of rotatable bonds is 6. The number of ether oxygens (including phenoxy) is 2. The topological polar surface area (TPSA) is 48.4 Å². The fourth-order valence-corrected chi connectivity index (χ4v) is 3.00. The lowest BCUT2D eigenvalue weighted by atomic mass is 10.1. The third kappa shape index (κ3) is 3.24. The summed E-state index contributed by atoms with van der Waals surface area (Å²) in [5.41, 5.74) is 2.03. The smallest absolute Gasteiger partial charge is 0.350 e. The monoisotopic (exact) mass is 303 g/mol. The molecule has 0 spiro atoms. The molecule has 0 radical (unpaired) electrons. The number of carbonyl (C=O) groups excluding carboxylic acids is 1. The Morgan fingerprint density at radius 1 is 1.33 bits per heavy atom. The predicted molar refractivity (Wildman–Crippen MR) is 80.8 cm³/mol. The van der Waals surface area contributed by atoms with Gasteiger partial charge in [-0.3, -0.25) is 0 Å². The Hall–Kier alpha value is -1.88. The van der Waals surface area contributed by atoms with Crippen molar-refractivity contribution in [1.29, 1.82) is 0 Å². The van der Waals surface area contributed by atoms with Crippen LogP contribution in [0.15, 0.2) is 30.3 Å². The van der Waals surface area contributed by atoms with Gasteiger partial charge in [0.25, 0.3) is 0 Å². The van der Waals surface area contributed by atoms with Gasteiger partial charge in [-0.15, -0.1) is 0 Å². The van der Waals surface area contributed by atoms with E-state index in [-0.39, 0.29) is 5.97 Å². The first-order valence-electron chi connectivity index (χ1n) is 7.13. The van der Waals surface area contributed by atoms with Crippen molar-refractivity contribution < 1.29 is 14.3 Å². The van der Waals surface area contributed by atoms with E-state index in [1.165, 1.54) is 11.5 Å². The number of nitrogens with zero attached hydrogens (tertiary/aromatic N) is 1. The van der Waals surface area contributed by atoms with E-state index in [0.29, 0.717) is 29.9 Å². The van der Waals surface area contributed by atoms with Crippen LogP contribution in [0.4, 0.5) is 0 Å². The molecule has 0 amide bonds. The maximum Gasteiger partial charge on any atom is 0.350 e. The van der Waals surface area contributed by atoms with E-state index in [9.17, 15) is 4.79 Å². The van der Waals surface area contributed by atoms with Crippen LogP contribution in [0.5, 0.6) is 5.88 Å². The van der Waals surface area contributed by atoms with E-state index in [2.05, 4.69) is 4.37 Å². The predicted octanol–water partition coefficient (Wildman–Crippen LogP) is 3.78. The second-order valence-corrected chi connectivity index (χ2v) is 5.77. The van der Waals surface area contributed by atoms with Crippen LogP contribution in [0.25, 0.3) is 0 Å². The molecule has 1 aromatic carbocycles. The third-order valence-corrected chi connectivity index (χ3v) is 4.19. The zero-order valence-corrected chi connectivity index (χ0v) is 12.7. The second kappa shape index (κ2) is 6.26. The Bertz CT molecular complexity index is 620. The van der Waals surface area contributed by atoms with Crippen LogP contribution >= 0.6 is 11.5 Å². The van der Waals surface area contributed by atoms with Crippen molar-refractivity contribution in [3.8, 4) is 5.88 Å². The Morgan fingerprint density at radius 2 is 2.10 bits per heavy atom. The average molecular weight is 303 g/mol. The van der Waals surface area contributed by atoms with Crippen molar-refractivity contribution in [2.75, 3.05) is 6.61 Å². The fourth-order valence-electron chi connectivity index (χ4n) is 2.19. The van der Waals surface area contributed by atoms with E-state index in [1.807, 2.05) is 37.3 Å². The summed E-state index contributed by atoms with van der Waals surface area (Å²) in [5, 5.41) is 0. The minimum atomic E-state index is -0.286. The van der Waals surface area contributed by atoms with E-state index >= 15 is 0 Å². The molecule has 1 heterocycles. The minimum Gasteiger partial charge on any atom is -0.472 e. The molecule has 110 valence electrons. The first kappa shape index (κ1) is 14.1. The third-order valence-electron chi connectivity index (χ3n) is 3.36. The molecule has 3 rings (SSSR count). The lowest BCUT2D eigenvalue weighted by Gasteiger charge is -2.06. The van der Waals surface area contributed by atoms with Gasteiger partial charge in [-0.05, 0) is 42.8 Å². The minimum absolute atomic E-state index is 0.286. The Morgan fingerprint density at radius 3 is 2.76 bits per heavy atom. The highest BCUT2D eigenvalue weighted by molar-refractivity contribution is 7.08. The number of esters is 1. The van der Waals surface area contributed by atoms with Crippen LogP contribution in [-0.4, -0.2) is 16.9 Å². The highest BCUT2D eigenvalue weighted by atomic mass is 32.1. The molecule has 1 saturated carbocycles. The van der Waals surface area contributed by atoms with Gasteiger partial charge >= 0.3 is 5.97 Å². The summed E-state index contributed by atoms with van der Waals surface area (Å²) in [6, 6.07) is 9.95. The normalized spacial score (nSPS) is 14.0. The van der Waals surface area contributed by atoms with Crippen LogP contribution in [0.2, 0.25) is 0 Å². The molecule has 1 aliphatic rings. The van der Waals surface area contributed by atoms with Gasteiger partial charge < -0.3 is 9.47 Å². The van der Waals surface area contributed by atoms with Crippen molar-refractivity contribution >= 4 is 17.5 Å². The summed E-state index contributed by atoms with van der Waals surface area (Å²) in [5.74, 6) is 0.704. The van der Waals surface area contributed by atoms with Crippen LogP contribution in [0, 0.1) is 0 Å². The van der Waals surface area contributed by atoms with Crippen molar-refractivity contribution in [2.24, 2.45) is 0 Å². The maximum atomic E-state index is 12.0. The van der Waals surface area contributed by atoms with Crippen molar-refractivity contribution in [2.45, 2.75) is 32.3 Å². The highest BCUT2D eigenvalue weighted by Crippen LogP contribution is 2.47. The fraction of sp³-hybridized carbons (Fsp3) is 0.375. The Kier molecular flexibility index (Phi) is 4.20. The molecule has 0 atom stereocenters. The van der Waals surface area contributed by atoms with Gasteiger partial charge in [-0.2, -0.15) is 4.37 Å². The summed E-state index contributed by atoms with van der Waals surface area (Å²) in [4.78, 5) is 12.6. The molecule has 1 aliphatic carbocycles. The van der Waals surface area contributed by atoms with E-state index < -0.39 is 0 Å². The van der Waals surface area contributed by atoms with Crippen molar-refractivity contribution in [3.63, 3.8) is 0 Å². The Balaban J connectivity index is 1.77. The molecule has 4 nitrogen and oxygen atoms in total. The van der Waals surface area contributed by atoms with Crippen LogP contribution in [-0.2, 0) is 11.3 Å². The molecule has 21 heavy (non-hydrogen) atoms. The summed E-state index contributed by atoms with van der Waals surface area (Å²) in [6.07, 6.45) is 2.18. The zero-order chi connectivity index (χ0) is 14.7. The summed E-state index contributed by atoms with van der Waals surface area (Å²) >= 11 is 1.18. The number of carbonyl (C=O) groups is 1. The molecule has 0 aliphatic heterocycles. The number of hydrogen-bond acceptors (Lipinski definition) is 5. The number of benzene rings is 1. The van der Waals surface area contributed by atoms with Crippen molar-refractivity contribution in [1.82, 2.24) is 4.37 Å². The van der Waals surface area contributed by atoms with Gasteiger partial charge in [0.2, 0.25) is 5.88 Å². The summed E-state index contributed by atoms with van der Waals surface area (Å²) < 4.78 is 15.2. The molecule has 5 heteroatoms. The quantitative estimate of drug-likeness (QED) is 0.762. The maximum absolute atomic E-state index is 12.0. The molecular weight excluding hydrogens is 286 g/mol. The van der Waals surface area contributed by atoms with Crippen LogP contribution in [0.1, 0.15) is 46.5 Å². The zero-order valence-electron chi connectivity index (χ0n) is 11.9. The number of aromatic nitrogens is 1. The number of hydrogen-bond donors (Lipinski definition) is 0. The largest absolute Gasteiger partial charge is 0.472 e. The lowest BCUT2D eigenvalue weighted by Crippen LogP contribution is -2.05.